The van der Waals surface area contributed by atoms with Crippen molar-refractivity contribution in [2.24, 2.45) is 11.8 Å². The normalized spacial score (nSPS) is 29.8. The number of aromatic carboxylic acids is 1. The first kappa shape index (κ1) is 22.7. The third-order valence-electron chi connectivity index (χ3n) is 7.61. The van der Waals surface area contributed by atoms with E-state index in [-0.39, 0.29) is 6.04 Å². The van der Waals surface area contributed by atoms with Gasteiger partial charge in [-0.3, -0.25) is 9.69 Å². The van der Waals surface area contributed by atoms with Gasteiger partial charge in [0.25, 0.3) is 5.56 Å². The molecule has 0 radical (unpaired) electrons. The van der Waals surface area contributed by atoms with E-state index in [1.54, 1.807) is 10.6 Å². The molecule has 1 aromatic heterocycles. The topological polar surface area (TPSA) is 75.4 Å². The summed E-state index contributed by atoms with van der Waals surface area (Å²) in [6.45, 7) is 10.8. The summed E-state index contributed by atoms with van der Waals surface area (Å²) >= 11 is 0. The number of carboxylic acids is 1. The largest absolute Gasteiger partial charge is 0.476 e. The smallest absolute Gasteiger partial charge is 0.360 e. The quantitative estimate of drug-likeness (QED) is 0.651. The Labute approximate surface area is 190 Å². The fourth-order valence-electron chi connectivity index (χ4n) is 6.27. The van der Waals surface area contributed by atoms with Gasteiger partial charge in [-0.1, -0.05) is 25.1 Å². The molecule has 1 aliphatic carbocycles. The fourth-order valence-corrected chi connectivity index (χ4v) is 6.27. The number of benzene rings is 1. The molecule has 172 valence electrons. The number of carbonyl (C=O) groups is 1. The van der Waals surface area contributed by atoms with Crippen LogP contribution < -0.4 is 5.56 Å². The van der Waals surface area contributed by atoms with Crippen LogP contribution in [-0.2, 0) is 0 Å². The molecular formula is C26H35N3O3. The maximum absolute atomic E-state index is 13.1. The van der Waals surface area contributed by atoms with Crippen molar-refractivity contribution in [2.75, 3.05) is 0 Å². The first-order valence-corrected chi connectivity index (χ1v) is 11.9. The lowest BCUT2D eigenvalue weighted by atomic mass is 9.78. The van der Waals surface area contributed by atoms with Gasteiger partial charge < -0.3 is 9.67 Å². The Morgan fingerprint density at radius 2 is 2.00 bits per heavy atom. The summed E-state index contributed by atoms with van der Waals surface area (Å²) in [6.07, 6.45) is 8.80. The lowest BCUT2D eigenvalue weighted by Crippen LogP contribution is -2.47. The summed E-state index contributed by atoms with van der Waals surface area (Å²) in [5.41, 5.74) is 0.329. The standard InChI is InChI=1S/C26H35N3O3/c1-5-19-12-16(2)13-21(15-19)28-17(3)10-11-20(28)14-18(4)29-23-9-7-6-8-22(23)27-24(25(29)30)26(31)32/h5-9,16-21H,1,10-15H2,2-4H3,(H,31,32)/t16?,17-,18-,19?,20-,21+/m0/s1. The average Bonchev–Trinajstić information content (AvgIpc) is 3.12. The van der Waals surface area contributed by atoms with Crippen molar-refractivity contribution >= 4 is 17.0 Å². The van der Waals surface area contributed by atoms with Crippen molar-refractivity contribution in [3.8, 4) is 0 Å². The molecule has 2 heterocycles. The van der Waals surface area contributed by atoms with Gasteiger partial charge in [0.2, 0.25) is 5.69 Å². The molecule has 0 bridgehead atoms. The molecule has 1 aliphatic heterocycles. The monoisotopic (exact) mass is 437 g/mol. The molecular weight excluding hydrogens is 402 g/mol. The number of hydrogen-bond donors (Lipinski definition) is 1. The fraction of sp³-hybridized carbons (Fsp3) is 0.577. The average molecular weight is 438 g/mol. The van der Waals surface area contributed by atoms with Crippen molar-refractivity contribution in [2.45, 2.75) is 83.5 Å². The van der Waals surface area contributed by atoms with Gasteiger partial charge in [0.05, 0.1) is 11.0 Å². The molecule has 4 rings (SSSR count). The van der Waals surface area contributed by atoms with Crippen molar-refractivity contribution in [1.82, 2.24) is 14.5 Å². The first-order chi connectivity index (χ1) is 15.3. The molecule has 2 unspecified atom stereocenters. The van der Waals surface area contributed by atoms with E-state index in [1.807, 2.05) is 25.1 Å². The summed E-state index contributed by atoms with van der Waals surface area (Å²) in [6, 6.07) is 8.64. The van der Waals surface area contributed by atoms with Crippen LogP contribution >= 0.6 is 0 Å². The van der Waals surface area contributed by atoms with E-state index in [1.165, 1.54) is 12.8 Å². The zero-order chi connectivity index (χ0) is 23.0. The highest BCUT2D eigenvalue weighted by atomic mass is 16.4. The van der Waals surface area contributed by atoms with Gasteiger partial charge in [0.15, 0.2) is 0 Å². The number of likely N-dealkylation sites (tertiary alicyclic amines) is 1. The Bertz CT molecular complexity index is 1060. The minimum Gasteiger partial charge on any atom is -0.476 e. The highest BCUT2D eigenvalue weighted by Gasteiger charge is 2.39. The van der Waals surface area contributed by atoms with Gasteiger partial charge in [0.1, 0.15) is 0 Å². The van der Waals surface area contributed by atoms with Crippen molar-refractivity contribution in [3.63, 3.8) is 0 Å². The molecule has 1 aromatic carbocycles. The molecule has 2 aliphatic rings. The molecule has 6 nitrogen and oxygen atoms in total. The number of nitrogens with zero attached hydrogens (tertiary/aromatic N) is 3. The van der Waals surface area contributed by atoms with Gasteiger partial charge in [-0.05, 0) is 76.3 Å². The molecule has 6 heteroatoms. The van der Waals surface area contributed by atoms with Crippen molar-refractivity contribution < 1.29 is 9.90 Å². The molecule has 32 heavy (non-hydrogen) atoms. The predicted octanol–water partition coefficient (Wildman–Crippen LogP) is 4.89. The van der Waals surface area contributed by atoms with E-state index in [0.717, 1.165) is 25.7 Å². The maximum Gasteiger partial charge on any atom is 0.360 e. The van der Waals surface area contributed by atoms with Gasteiger partial charge in [-0.15, -0.1) is 6.58 Å². The minimum atomic E-state index is -1.27. The van der Waals surface area contributed by atoms with E-state index < -0.39 is 17.2 Å². The van der Waals surface area contributed by atoms with E-state index in [0.29, 0.717) is 41.0 Å². The maximum atomic E-state index is 13.1. The van der Waals surface area contributed by atoms with Gasteiger partial charge in [-0.25, -0.2) is 9.78 Å². The number of para-hydroxylation sites is 2. The minimum absolute atomic E-state index is 0.123. The van der Waals surface area contributed by atoms with E-state index in [2.05, 4.69) is 36.4 Å². The van der Waals surface area contributed by atoms with Gasteiger partial charge in [-0.2, -0.15) is 0 Å². The summed E-state index contributed by atoms with van der Waals surface area (Å²) < 4.78 is 1.66. The lowest BCUT2D eigenvalue weighted by Gasteiger charge is -2.43. The highest BCUT2D eigenvalue weighted by molar-refractivity contribution is 5.88. The third-order valence-corrected chi connectivity index (χ3v) is 7.61. The van der Waals surface area contributed by atoms with Gasteiger partial charge in [0, 0.05) is 24.2 Å². The van der Waals surface area contributed by atoms with Crippen LogP contribution in [0.4, 0.5) is 0 Å². The van der Waals surface area contributed by atoms with Crippen molar-refractivity contribution in [1.29, 1.82) is 0 Å². The molecule has 1 N–H and O–H groups in total. The second-order valence-corrected chi connectivity index (χ2v) is 10.0. The van der Waals surface area contributed by atoms with Crippen LogP contribution in [0.1, 0.15) is 75.8 Å². The van der Waals surface area contributed by atoms with Crippen LogP contribution in [0.2, 0.25) is 0 Å². The SMILES string of the molecule is C=CC1CC(C)C[C@@H](N2[C@H](C[C@H](C)n3c(=O)c(C(=O)O)nc4ccccc43)CC[C@@H]2C)C1. The number of hydrogen-bond acceptors (Lipinski definition) is 4. The van der Waals surface area contributed by atoms with Crippen LogP contribution in [0.25, 0.3) is 11.0 Å². The molecule has 2 fully saturated rings. The Balaban J connectivity index is 1.65. The lowest BCUT2D eigenvalue weighted by molar-refractivity contribution is 0.0678. The molecule has 0 spiro atoms. The Morgan fingerprint density at radius 1 is 1.25 bits per heavy atom. The Morgan fingerprint density at radius 3 is 2.72 bits per heavy atom. The summed E-state index contributed by atoms with van der Waals surface area (Å²) in [4.78, 5) is 31.6. The summed E-state index contributed by atoms with van der Waals surface area (Å²) in [7, 11) is 0. The van der Waals surface area contributed by atoms with Crippen LogP contribution in [0.3, 0.4) is 0 Å². The molecule has 2 aromatic rings. The number of aromatic nitrogens is 2. The van der Waals surface area contributed by atoms with Crippen LogP contribution in [0.15, 0.2) is 41.7 Å². The molecule has 6 atom stereocenters. The Kier molecular flexibility index (Phi) is 6.52. The van der Waals surface area contributed by atoms with Crippen LogP contribution in [-0.4, -0.2) is 43.7 Å². The van der Waals surface area contributed by atoms with E-state index >= 15 is 0 Å². The second kappa shape index (κ2) is 9.18. The van der Waals surface area contributed by atoms with E-state index in [9.17, 15) is 14.7 Å². The number of rotatable bonds is 6. The zero-order valence-corrected chi connectivity index (χ0v) is 19.4. The third kappa shape index (κ3) is 4.25. The molecule has 1 saturated heterocycles. The highest BCUT2D eigenvalue weighted by Crippen LogP contribution is 2.39. The zero-order valence-electron chi connectivity index (χ0n) is 19.4. The van der Waals surface area contributed by atoms with Crippen LogP contribution in [0, 0.1) is 11.8 Å². The number of carboxylic acid groups (broad SMARTS) is 1. The van der Waals surface area contributed by atoms with Gasteiger partial charge >= 0.3 is 5.97 Å². The Hall–Kier alpha value is -2.47. The summed E-state index contributed by atoms with van der Waals surface area (Å²) in [5, 5.41) is 9.54. The van der Waals surface area contributed by atoms with E-state index in [4.69, 9.17) is 0 Å². The number of allylic oxidation sites excluding steroid dienone is 1. The molecule has 1 saturated carbocycles. The number of fused-ring (bicyclic) bond motifs is 1. The molecule has 0 amide bonds. The van der Waals surface area contributed by atoms with Crippen LogP contribution in [0.5, 0.6) is 0 Å². The second-order valence-electron chi connectivity index (χ2n) is 10.0. The summed E-state index contributed by atoms with van der Waals surface area (Å²) in [5.74, 6) is -0.0171. The predicted molar refractivity (Wildman–Crippen MR) is 127 cm³/mol. The first-order valence-electron chi connectivity index (χ1n) is 11.9. The van der Waals surface area contributed by atoms with Crippen molar-refractivity contribution in [3.05, 3.63) is 53.0 Å².